The first-order chi connectivity index (χ1) is 6.84. The lowest BCUT2D eigenvalue weighted by atomic mass is 10.8. The lowest BCUT2D eigenvalue weighted by Gasteiger charge is -2.04. The Morgan fingerprint density at radius 1 is 1.00 bits per heavy atom. The highest BCUT2D eigenvalue weighted by atomic mass is 31.1. The molecule has 0 radical (unpaired) electrons. The van der Waals surface area contributed by atoms with E-state index in [0.29, 0.717) is 0 Å². The molecule has 0 saturated heterocycles. The van der Waals surface area contributed by atoms with Gasteiger partial charge < -0.3 is 9.25 Å². The first-order valence-electron chi connectivity index (χ1n) is 3.74. The Balaban J connectivity index is 1.91. The highest BCUT2D eigenvalue weighted by molar-refractivity contribution is 7.33. The van der Waals surface area contributed by atoms with Crippen LogP contribution in [0.25, 0.3) is 0 Å². The average molecular weight is 214 g/mol. The Labute approximate surface area is 79.7 Å². The van der Waals surface area contributed by atoms with Crippen LogP contribution in [0, 0.1) is 0 Å². The molecule has 0 aliphatic heterocycles. The summed E-state index contributed by atoms with van der Waals surface area (Å²) in [5.41, 5.74) is 0. The predicted octanol–water partition coefficient (Wildman–Crippen LogP) is 0.0267. The molecular weight excluding hydrogens is 207 g/mol. The standard InChI is InChI=1S/C6H7N4O3P/c11-14(12-9-5-1-3-7-9)13-10-6-2-4-8-10/h1-6,14H. The van der Waals surface area contributed by atoms with E-state index < -0.39 is 8.25 Å². The first kappa shape index (κ1) is 8.83. The number of nitrogens with zero attached hydrogens (tertiary/aromatic N) is 4. The zero-order chi connectivity index (χ0) is 9.80. The van der Waals surface area contributed by atoms with Crippen LogP contribution in [0.4, 0.5) is 0 Å². The van der Waals surface area contributed by atoms with E-state index >= 15 is 0 Å². The molecule has 0 aromatic carbocycles. The third-order valence-corrected chi connectivity index (χ3v) is 1.97. The lowest BCUT2D eigenvalue weighted by molar-refractivity contribution is 0.158. The Hall–Kier alpha value is -1.75. The Bertz CT molecular complexity index is 360. The van der Waals surface area contributed by atoms with Crippen molar-refractivity contribution in [3.63, 3.8) is 0 Å². The van der Waals surface area contributed by atoms with Crippen LogP contribution < -0.4 is 9.25 Å². The largest absolute Gasteiger partial charge is 0.458 e. The van der Waals surface area contributed by atoms with Crippen molar-refractivity contribution in [3.05, 3.63) is 36.9 Å². The van der Waals surface area contributed by atoms with Gasteiger partial charge in [0, 0.05) is 0 Å². The average Bonchev–Trinajstić information content (AvgIpc) is 2.76. The van der Waals surface area contributed by atoms with Gasteiger partial charge in [-0.2, -0.15) is 0 Å². The molecule has 0 amide bonds. The number of hydrogen-bond acceptors (Lipinski definition) is 5. The lowest BCUT2D eigenvalue weighted by Crippen LogP contribution is -2.11. The number of aromatic nitrogens is 4. The third kappa shape index (κ3) is 2.14. The fourth-order valence-electron chi connectivity index (χ4n) is 0.787. The van der Waals surface area contributed by atoms with Crippen LogP contribution in [-0.2, 0) is 4.57 Å². The fourth-order valence-corrected chi connectivity index (χ4v) is 1.34. The van der Waals surface area contributed by atoms with E-state index in [4.69, 9.17) is 9.25 Å². The molecule has 0 atom stereocenters. The van der Waals surface area contributed by atoms with Gasteiger partial charge in [-0.15, -0.1) is 10.2 Å². The molecule has 0 unspecified atom stereocenters. The van der Waals surface area contributed by atoms with Crippen molar-refractivity contribution < 1.29 is 13.8 Å². The van der Waals surface area contributed by atoms with E-state index in [1.54, 1.807) is 12.1 Å². The normalized spacial score (nSPS) is 10.4. The van der Waals surface area contributed by atoms with Crippen molar-refractivity contribution in [2.24, 2.45) is 0 Å². The van der Waals surface area contributed by atoms with Gasteiger partial charge >= 0.3 is 8.25 Å². The minimum atomic E-state index is -2.68. The SMILES string of the molecule is O=[PH](On1cccn1)On1cccn1. The van der Waals surface area contributed by atoms with Gasteiger partial charge in [0.25, 0.3) is 0 Å². The van der Waals surface area contributed by atoms with Gasteiger partial charge in [-0.3, -0.25) is 0 Å². The van der Waals surface area contributed by atoms with Gasteiger partial charge in [0.05, 0.1) is 24.8 Å². The first-order valence-corrected chi connectivity index (χ1v) is 4.97. The Morgan fingerprint density at radius 2 is 1.50 bits per heavy atom. The molecule has 0 saturated carbocycles. The molecule has 14 heavy (non-hydrogen) atoms. The zero-order valence-corrected chi connectivity index (χ0v) is 7.98. The Kier molecular flexibility index (Phi) is 2.51. The third-order valence-electron chi connectivity index (χ3n) is 1.30. The van der Waals surface area contributed by atoms with Gasteiger partial charge in [-0.25, -0.2) is 4.57 Å². The monoisotopic (exact) mass is 214 g/mol. The molecule has 7 nitrogen and oxygen atoms in total. The van der Waals surface area contributed by atoms with Crippen LogP contribution in [-0.4, -0.2) is 19.9 Å². The minimum absolute atomic E-state index is 1.06. The highest BCUT2D eigenvalue weighted by Gasteiger charge is 2.02. The summed E-state index contributed by atoms with van der Waals surface area (Å²) < 4.78 is 20.8. The van der Waals surface area contributed by atoms with Crippen LogP contribution >= 0.6 is 8.25 Å². The highest BCUT2D eigenvalue weighted by Crippen LogP contribution is 2.13. The van der Waals surface area contributed by atoms with Crippen LogP contribution in [0.2, 0.25) is 0 Å². The molecule has 2 rings (SSSR count). The van der Waals surface area contributed by atoms with Crippen molar-refractivity contribution in [1.82, 2.24) is 19.9 Å². The number of rotatable bonds is 4. The van der Waals surface area contributed by atoms with E-state index in [0.717, 1.165) is 9.69 Å². The fraction of sp³-hybridized carbons (Fsp3) is 0. The van der Waals surface area contributed by atoms with Crippen molar-refractivity contribution in [2.75, 3.05) is 0 Å². The van der Waals surface area contributed by atoms with Crippen LogP contribution in [0.15, 0.2) is 36.9 Å². The van der Waals surface area contributed by atoms with Crippen molar-refractivity contribution in [2.45, 2.75) is 0 Å². The molecule has 2 heterocycles. The molecular formula is C6H7N4O3P. The molecule has 2 aromatic heterocycles. The summed E-state index contributed by atoms with van der Waals surface area (Å²) >= 11 is 0. The molecule has 0 fully saturated rings. The maximum absolute atomic E-state index is 11.2. The molecule has 0 spiro atoms. The van der Waals surface area contributed by atoms with Gasteiger partial charge in [-0.1, -0.05) is 9.69 Å². The van der Waals surface area contributed by atoms with Gasteiger partial charge in [0.2, 0.25) is 0 Å². The van der Waals surface area contributed by atoms with Crippen LogP contribution in [0.5, 0.6) is 0 Å². The van der Waals surface area contributed by atoms with Crippen molar-refractivity contribution in [1.29, 1.82) is 0 Å². The summed E-state index contributed by atoms with van der Waals surface area (Å²) in [6.07, 6.45) is 6.02. The predicted molar refractivity (Wildman–Crippen MR) is 46.6 cm³/mol. The van der Waals surface area contributed by atoms with E-state index in [2.05, 4.69) is 10.2 Å². The smallest absolute Gasteiger partial charge is 0.306 e. The van der Waals surface area contributed by atoms with Crippen molar-refractivity contribution >= 4 is 8.25 Å². The second-order valence-corrected chi connectivity index (χ2v) is 3.11. The van der Waals surface area contributed by atoms with Gasteiger partial charge in [0.1, 0.15) is 0 Å². The summed E-state index contributed by atoms with van der Waals surface area (Å²) in [6, 6.07) is 3.28. The molecule has 8 heteroatoms. The zero-order valence-electron chi connectivity index (χ0n) is 6.98. The van der Waals surface area contributed by atoms with Gasteiger partial charge in [0.15, 0.2) is 0 Å². The summed E-state index contributed by atoms with van der Waals surface area (Å²) in [6.45, 7) is 0. The van der Waals surface area contributed by atoms with E-state index in [1.807, 2.05) is 0 Å². The maximum Gasteiger partial charge on any atom is 0.458 e. The maximum atomic E-state index is 11.2. The van der Waals surface area contributed by atoms with Crippen LogP contribution in [0.3, 0.4) is 0 Å². The molecule has 74 valence electrons. The van der Waals surface area contributed by atoms with E-state index in [1.165, 1.54) is 24.8 Å². The molecule has 0 N–H and O–H groups in total. The quantitative estimate of drug-likeness (QED) is 0.671. The summed E-state index contributed by atoms with van der Waals surface area (Å²) in [4.78, 5) is 2.12. The summed E-state index contributed by atoms with van der Waals surface area (Å²) in [5, 5.41) is 7.39. The van der Waals surface area contributed by atoms with Gasteiger partial charge in [-0.05, 0) is 12.1 Å². The molecule has 0 bridgehead atoms. The number of hydrogen-bond donors (Lipinski definition) is 0. The Morgan fingerprint density at radius 3 is 1.86 bits per heavy atom. The molecule has 0 aliphatic carbocycles. The summed E-state index contributed by atoms with van der Waals surface area (Å²) in [5.74, 6) is 0. The second kappa shape index (κ2) is 3.97. The second-order valence-electron chi connectivity index (χ2n) is 2.25. The summed E-state index contributed by atoms with van der Waals surface area (Å²) in [7, 11) is -2.68. The van der Waals surface area contributed by atoms with E-state index in [-0.39, 0.29) is 0 Å². The van der Waals surface area contributed by atoms with E-state index in [9.17, 15) is 4.57 Å². The molecule has 0 aliphatic rings. The minimum Gasteiger partial charge on any atom is -0.306 e. The van der Waals surface area contributed by atoms with Crippen molar-refractivity contribution in [3.8, 4) is 0 Å². The molecule has 2 aromatic rings. The van der Waals surface area contributed by atoms with Crippen LogP contribution in [0.1, 0.15) is 0 Å². The topological polar surface area (TPSA) is 71.2 Å².